The first-order valence-electron chi connectivity index (χ1n) is 11.7. The largest absolute Gasteiger partial charge is 0.416 e. The summed E-state index contributed by atoms with van der Waals surface area (Å²) in [5.41, 5.74) is -1.09. The number of fused-ring (bicyclic) bond motifs is 1. The van der Waals surface area contributed by atoms with Crippen LogP contribution in [0.15, 0.2) is 36.5 Å². The van der Waals surface area contributed by atoms with Gasteiger partial charge < -0.3 is 25.4 Å². The van der Waals surface area contributed by atoms with Gasteiger partial charge in [-0.2, -0.15) is 13.2 Å². The summed E-state index contributed by atoms with van der Waals surface area (Å²) >= 11 is 0. The molecule has 2 aliphatic heterocycles. The van der Waals surface area contributed by atoms with Crippen LogP contribution in [0.1, 0.15) is 37.8 Å². The van der Waals surface area contributed by atoms with Crippen molar-refractivity contribution in [3.8, 4) is 0 Å². The van der Waals surface area contributed by atoms with E-state index in [1.54, 1.807) is 17.0 Å². The van der Waals surface area contributed by atoms with Gasteiger partial charge in [0.1, 0.15) is 24.4 Å². The maximum atomic E-state index is 13.8. The van der Waals surface area contributed by atoms with Crippen LogP contribution >= 0.6 is 0 Å². The van der Waals surface area contributed by atoms with Gasteiger partial charge in [-0.25, -0.2) is 18.7 Å². The maximum absolute atomic E-state index is 13.8. The third-order valence-electron chi connectivity index (χ3n) is 6.17. The quantitative estimate of drug-likeness (QED) is 0.406. The number of halogens is 5. The molecule has 1 fully saturated rings. The first-order chi connectivity index (χ1) is 18.5. The maximum Gasteiger partial charge on any atom is 0.416 e. The SMILES string of the molecule is O=C1Cn2c(C(=O)NCc3ccc(N4CC(F)C4)nc3)nc(NC(=O)c3cc(F)cc(C(F)(F)F)c3)c2CN1. The van der Waals surface area contributed by atoms with Crippen LogP contribution in [0.25, 0.3) is 0 Å². The standard InChI is InChI=1S/C24H20F5N7O3/c25-15-4-13(3-14(5-15)24(27,28)29)22(38)34-20-17-8-31-19(37)11-36(17)21(33-20)23(39)32-7-12-1-2-18(30-6-12)35-9-16(26)10-35/h1-6,16H,7-11H2,(H,31,37)(H,32,39)(H,34,38). The van der Waals surface area contributed by atoms with Crippen molar-refractivity contribution in [1.82, 2.24) is 25.2 Å². The van der Waals surface area contributed by atoms with Crippen molar-refractivity contribution in [2.75, 3.05) is 23.3 Å². The molecule has 204 valence electrons. The molecule has 0 radical (unpaired) electrons. The Hall–Kier alpha value is -4.56. The fourth-order valence-electron chi connectivity index (χ4n) is 4.14. The van der Waals surface area contributed by atoms with Crippen LogP contribution in [0.5, 0.6) is 0 Å². The Labute approximate surface area is 217 Å². The summed E-state index contributed by atoms with van der Waals surface area (Å²) in [7, 11) is 0. The van der Waals surface area contributed by atoms with Crippen molar-refractivity contribution >= 4 is 29.4 Å². The van der Waals surface area contributed by atoms with E-state index < -0.39 is 47.0 Å². The first-order valence-corrected chi connectivity index (χ1v) is 11.7. The number of hydrogen-bond acceptors (Lipinski definition) is 6. The van der Waals surface area contributed by atoms with Crippen molar-refractivity contribution in [1.29, 1.82) is 0 Å². The van der Waals surface area contributed by atoms with E-state index in [0.717, 1.165) is 0 Å². The highest BCUT2D eigenvalue weighted by atomic mass is 19.4. The molecule has 3 amide bonds. The Balaban J connectivity index is 1.32. The van der Waals surface area contributed by atoms with E-state index in [2.05, 4.69) is 25.9 Å². The predicted octanol–water partition coefficient (Wildman–Crippen LogP) is 2.41. The number of pyridine rings is 1. The van der Waals surface area contributed by atoms with E-state index in [9.17, 15) is 36.3 Å². The summed E-state index contributed by atoms with van der Waals surface area (Å²) in [5.74, 6) is -3.24. The lowest BCUT2D eigenvalue weighted by Crippen LogP contribution is -2.48. The number of carbonyl (C=O) groups excluding carboxylic acids is 3. The number of nitrogens with one attached hydrogen (secondary N) is 3. The third-order valence-corrected chi connectivity index (χ3v) is 6.17. The zero-order chi connectivity index (χ0) is 27.9. The molecule has 1 aromatic carbocycles. The summed E-state index contributed by atoms with van der Waals surface area (Å²) in [6.07, 6.45) is -4.23. The molecule has 3 aromatic rings. The van der Waals surface area contributed by atoms with Crippen LogP contribution in [-0.4, -0.2) is 51.5 Å². The topological polar surface area (TPSA) is 121 Å². The Morgan fingerprint density at radius 3 is 2.56 bits per heavy atom. The second-order valence-electron chi connectivity index (χ2n) is 8.98. The molecule has 15 heteroatoms. The van der Waals surface area contributed by atoms with Gasteiger partial charge in [0.05, 0.1) is 30.9 Å². The molecule has 0 atom stereocenters. The molecule has 39 heavy (non-hydrogen) atoms. The minimum absolute atomic E-state index is 0.0391. The predicted molar refractivity (Wildman–Crippen MR) is 126 cm³/mol. The lowest BCUT2D eigenvalue weighted by molar-refractivity contribution is -0.137. The molecule has 3 N–H and O–H groups in total. The third kappa shape index (κ3) is 5.51. The summed E-state index contributed by atoms with van der Waals surface area (Å²) in [6, 6.07) is 4.80. The minimum atomic E-state index is -4.87. The Morgan fingerprint density at radius 2 is 1.90 bits per heavy atom. The smallest absolute Gasteiger partial charge is 0.351 e. The highest BCUT2D eigenvalue weighted by Crippen LogP contribution is 2.31. The molecular formula is C24H20F5N7O3. The van der Waals surface area contributed by atoms with Gasteiger partial charge >= 0.3 is 6.18 Å². The highest BCUT2D eigenvalue weighted by molar-refractivity contribution is 6.05. The normalized spacial score (nSPS) is 15.3. The van der Waals surface area contributed by atoms with E-state index in [1.807, 2.05) is 0 Å². The van der Waals surface area contributed by atoms with Crippen LogP contribution in [0.4, 0.5) is 33.6 Å². The first kappa shape index (κ1) is 26.1. The number of carbonyl (C=O) groups is 3. The number of aromatic nitrogens is 3. The van der Waals surface area contributed by atoms with Gasteiger partial charge in [-0.05, 0) is 29.8 Å². The van der Waals surface area contributed by atoms with Crippen LogP contribution < -0.4 is 20.9 Å². The highest BCUT2D eigenvalue weighted by Gasteiger charge is 2.33. The fourth-order valence-corrected chi connectivity index (χ4v) is 4.14. The van der Waals surface area contributed by atoms with Crippen LogP contribution in [0.3, 0.4) is 0 Å². The van der Waals surface area contributed by atoms with Crippen LogP contribution in [-0.2, 0) is 30.6 Å². The zero-order valence-electron chi connectivity index (χ0n) is 20.0. The molecule has 1 saturated heterocycles. The van der Waals surface area contributed by atoms with Crippen molar-refractivity contribution in [3.63, 3.8) is 0 Å². The monoisotopic (exact) mass is 549 g/mol. The van der Waals surface area contributed by atoms with E-state index >= 15 is 0 Å². The number of rotatable bonds is 6. The van der Waals surface area contributed by atoms with Crippen molar-refractivity contribution < 1.29 is 36.3 Å². The van der Waals surface area contributed by atoms with Gasteiger partial charge in [-0.15, -0.1) is 0 Å². The van der Waals surface area contributed by atoms with Crippen molar-refractivity contribution in [3.05, 3.63) is 70.6 Å². The fraction of sp³-hybridized carbons (Fsp3) is 0.292. The van der Waals surface area contributed by atoms with Crippen molar-refractivity contribution in [2.24, 2.45) is 0 Å². The Kier molecular flexibility index (Phi) is 6.66. The zero-order valence-corrected chi connectivity index (χ0v) is 20.0. The lowest BCUT2D eigenvalue weighted by Gasteiger charge is -2.35. The van der Waals surface area contributed by atoms with Gasteiger partial charge in [-0.3, -0.25) is 14.4 Å². The molecule has 0 aliphatic carbocycles. The Bertz CT molecular complexity index is 1450. The second-order valence-corrected chi connectivity index (χ2v) is 8.98. The van der Waals surface area contributed by atoms with Crippen LogP contribution in [0.2, 0.25) is 0 Å². The summed E-state index contributed by atoms with van der Waals surface area (Å²) in [5, 5.41) is 7.49. The average Bonchev–Trinajstić information content (AvgIpc) is 3.22. The molecule has 4 heterocycles. The number of imidazole rings is 1. The number of alkyl halides is 4. The molecule has 0 bridgehead atoms. The molecule has 0 spiro atoms. The van der Waals surface area contributed by atoms with Gasteiger partial charge in [-0.1, -0.05) is 6.07 Å². The second kappa shape index (κ2) is 9.96. The summed E-state index contributed by atoms with van der Waals surface area (Å²) < 4.78 is 67.3. The molecule has 2 aliphatic rings. The number of hydrogen-bond donors (Lipinski definition) is 3. The molecule has 0 saturated carbocycles. The van der Waals surface area contributed by atoms with E-state index in [1.165, 1.54) is 10.8 Å². The van der Waals surface area contributed by atoms with Gasteiger partial charge in [0.25, 0.3) is 11.8 Å². The number of nitrogens with zero attached hydrogens (tertiary/aromatic N) is 4. The summed E-state index contributed by atoms with van der Waals surface area (Å²) in [4.78, 5) is 47.7. The van der Waals surface area contributed by atoms with Crippen molar-refractivity contribution in [2.45, 2.75) is 32.0 Å². The van der Waals surface area contributed by atoms with E-state index in [4.69, 9.17) is 0 Å². The number of benzene rings is 1. The summed E-state index contributed by atoms with van der Waals surface area (Å²) in [6.45, 7) is 0.165. The number of amides is 3. The lowest BCUT2D eigenvalue weighted by atomic mass is 10.1. The van der Waals surface area contributed by atoms with Gasteiger partial charge in [0.2, 0.25) is 11.7 Å². The number of anilines is 2. The molecule has 0 unspecified atom stereocenters. The average molecular weight is 549 g/mol. The molecule has 2 aromatic heterocycles. The van der Waals surface area contributed by atoms with Gasteiger partial charge in [0, 0.05) is 18.3 Å². The minimum Gasteiger partial charge on any atom is -0.351 e. The molecule has 5 rings (SSSR count). The van der Waals surface area contributed by atoms with E-state index in [-0.39, 0.29) is 56.1 Å². The molecular weight excluding hydrogens is 529 g/mol. The van der Waals surface area contributed by atoms with Gasteiger partial charge in [0.15, 0.2) is 5.82 Å². The Morgan fingerprint density at radius 1 is 1.13 bits per heavy atom. The van der Waals surface area contributed by atoms with E-state index in [0.29, 0.717) is 23.5 Å². The van der Waals surface area contributed by atoms with Crippen LogP contribution in [0, 0.1) is 5.82 Å². The molecule has 10 nitrogen and oxygen atoms in total.